The Morgan fingerprint density at radius 2 is 2.50 bits per heavy atom. The molecule has 0 saturated carbocycles. The number of fused-ring (bicyclic) bond motifs is 1. The first-order valence-electron chi connectivity index (χ1n) is 3.42. The summed E-state index contributed by atoms with van der Waals surface area (Å²) in [4.78, 5) is 17.5. The van der Waals surface area contributed by atoms with Gasteiger partial charge in [-0.15, -0.1) is 0 Å². The van der Waals surface area contributed by atoms with Gasteiger partial charge >= 0.3 is 5.69 Å². The van der Waals surface area contributed by atoms with Gasteiger partial charge in [-0.2, -0.15) is 9.61 Å². The molecule has 0 saturated heterocycles. The molecule has 0 radical (unpaired) electrons. The monoisotopic (exact) mass is 165 g/mol. The molecule has 12 heavy (non-hydrogen) atoms. The molecule has 0 aliphatic heterocycles. The summed E-state index contributed by atoms with van der Waals surface area (Å²) in [5.41, 5.74) is 0.976. The lowest BCUT2D eigenvalue weighted by atomic mass is 10.5. The van der Waals surface area contributed by atoms with Crippen molar-refractivity contribution in [1.29, 1.82) is 0 Å². The van der Waals surface area contributed by atoms with Gasteiger partial charge in [0.25, 0.3) is 0 Å². The highest BCUT2D eigenvalue weighted by Crippen LogP contribution is 2.08. The fourth-order valence-electron chi connectivity index (χ4n) is 1.00. The van der Waals surface area contributed by atoms with E-state index in [9.17, 15) is 4.79 Å². The molecule has 2 aromatic heterocycles. The summed E-state index contributed by atoms with van der Waals surface area (Å²) in [7, 11) is 1.75. The minimum absolute atomic E-state index is 0.290. The van der Waals surface area contributed by atoms with E-state index in [2.05, 4.69) is 20.4 Å². The highest BCUT2D eigenvalue weighted by atomic mass is 16.1. The van der Waals surface area contributed by atoms with Gasteiger partial charge in [0.1, 0.15) is 0 Å². The fourth-order valence-corrected chi connectivity index (χ4v) is 1.00. The minimum atomic E-state index is -0.290. The van der Waals surface area contributed by atoms with Crippen LogP contribution in [-0.4, -0.2) is 26.6 Å². The van der Waals surface area contributed by atoms with Gasteiger partial charge in [-0.3, -0.25) is 4.98 Å². The number of aromatic amines is 1. The largest absolute Gasteiger partial charge is 0.384 e. The van der Waals surface area contributed by atoms with Crippen LogP contribution < -0.4 is 11.0 Å². The second-order valence-corrected chi connectivity index (χ2v) is 2.25. The van der Waals surface area contributed by atoms with Gasteiger partial charge in [-0.05, 0) is 0 Å². The molecule has 2 aromatic rings. The lowest BCUT2D eigenvalue weighted by Gasteiger charge is -1.92. The van der Waals surface area contributed by atoms with Crippen LogP contribution in [0.2, 0.25) is 0 Å². The number of nitrogens with one attached hydrogen (secondary N) is 2. The number of hydrogen-bond acceptors (Lipinski definition) is 4. The van der Waals surface area contributed by atoms with E-state index in [1.807, 2.05) is 0 Å². The van der Waals surface area contributed by atoms with Gasteiger partial charge in [0.05, 0.1) is 18.2 Å². The Morgan fingerprint density at radius 3 is 3.25 bits per heavy atom. The van der Waals surface area contributed by atoms with E-state index in [0.717, 1.165) is 5.69 Å². The van der Waals surface area contributed by atoms with Gasteiger partial charge in [-0.1, -0.05) is 0 Å². The molecular weight excluding hydrogens is 158 g/mol. The fraction of sp³-hybridized carbons (Fsp3) is 0.167. The van der Waals surface area contributed by atoms with Crippen molar-refractivity contribution in [2.75, 3.05) is 12.4 Å². The summed E-state index contributed by atoms with van der Waals surface area (Å²) >= 11 is 0. The molecule has 0 unspecified atom stereocenters. The van der Waals surface area contributed by atoms with Crippen LogP contribution >= 0.6 is 0 Å². The van der Waals surface area contributed by atoms with E-state index in [-0.39, 0.29) is 5.69 Å². The van der Waals surface area contributed by atoms with Crippen molar-refractivity contribution in [1.82, 2.24) is 19.6 Å². The van der Waals surface area contributed by atoms with E-state index in [1.165, 1.54) is 10.8 Å². The minimum Gasteiger partial charge on any atom is -0.384 e. The number of nitrogens with zero attached hydrogens (tertiary/aromatic N) is 3. The van der Waals surface area contributed by atoms with Crippen LogP contribution in [0, 0.1) is 0 Å². The maximum atomic E-state index is 11.1. The molecule has 6 nitrogen and oxygen atoms in total. The predicted molar refractivity (Wildman–Crippen MR) is 43.2 cm³/mol. The molecule has 0 bridgehead atoms. The summed E-state index contributed by atoms with van der Waals surface area (Å²) in [5, 5.41) is 6.72. The zero-order valence-electron chi connectivity index (χ0n) is 6.40. The number of aromatic nitrogens is 4. The van der Waals surface area contributed by atoms with E-state index in [4.69, 9.17) is 0 Å². The van der Waals surface area contributed by atoms with Gasteiger partial charge in [-0.25, -0.2) is 9.78 Å². The zero-order chi connectivity index (χ0) is 8.55. The molecule has 2 N–H and O–H groups in total. The molecule has 62 valence electrons. The van der Waals surface area contributed by atoms with Crippen LogP contribution in [0.15, 0.2) is 17.3 Å². The van der Waals surface area contributed by atoms with E-state index in [1.54, 1.807) is 13.2 Å². The molecule has 6 heteroatoms. The maximum absolute atomic E-state index is 11.1. The van der Waals surface area contributed by atoms with Gasteiger partial charge in [0.15, 0.2) is 5.65 Å². The highest BCUT2D eigenvalue weighted by molar-refractivity contribution is 5.65. The third kappa shape index (κ3) is 0.777. The SMILES string of the molecule is CNc1cnn2c(=O)[nH]cnc12. The van der Waals surface area contributed by atoms with Crippen molar-refractivity contribution in [2.24, 2.45) is 0 Å². The molecule has 0 aliphatic rings. The maximum Gasteiger partial charge on any atom is 0.349 e. The number of hydrogen-bond donors (Lipinski definition) is 2. The topological polar surface area (TPSA) is 75.1 Å². The smallest absolute Gasteiger partial charge is 0.349 e. The molecule has 0 aromatic carbocycles. The lowest BCUT2D eigenvalue weighted by Crippen LogP contribution is -2.17. The molecule has 0 spiro atoms. The lowest BCUT2D eigenvalue weighted by molar-refractivity contribution is 0.840. The molecule has 2 rings (SSSR count). The van der Waals surface area contributed by atoms with Crippen molar-refractivity contribution in [3.05, 3.63) is 23.0 Å². The Kier molecular flexibility index (Phi) is 1.33. The third-order valence-electron chi connectivity index (χ3n) is 1.58. The Bertz CT molecular complexity index is 456. The molecule has 0 aliphatic carbocycles. The summed E-state index contributed by atoms with van der Waals surface area (Å²) < 4.78 is 1.20. The van der Waals surface area contributed by atoms with Crippen LogP contribution in [-0.2, 0) is 0 Å². The van der Waals surface area contributed by atoms with E-state index >= 15 is 0 Å². The molecular formula is C6H7N5O. The molecule has 2 heterocycles. The standard InChI is InChI=1S/C6H7N5O/c1-7-4-2-10-11-5(4)8-3-9-6(11)12/h2-3,7H,1H3,(H,8,9,12). The highest BCUT2D eigenvalue weighted by Gasteiger charge is 2.03. The Morgan fingerprint density at radius 1 is 1.67 bits per heavy atom. The summed E-state index contributed by atoms with van der Waals surface area (Å²) in [6.45, 7) is 0. The van der Waals surface area contributed by atoms with Crippen LogP contribution in [0.5, 0.6) is 0 Å². The summed E-state index contributed by atoms with van der Waals surface area (Å²) in [5.74, 6) is 0. The second-order valence-electron chi connectivity index (χ2n) is 2.25. The molecule has 0 fully saturated rings. The first-order valence-corrected chi connectivity index (χ1v) is 3.42. The molecule has 0 atom stereocenters. The third-order valence-corrected chi connectivity index (χ3v) is 1.58. The first kappa shape index (κ1) is 6.84. The number of H-pyrrole nitrogens is 1. The van der Waals surface area contributed by atoms with Gasteiger partial charge in [0.2, 0.25) is 0 Å². The number of anilines is 1. The Hall–Kier alpha value is -1.85. The zero-order valence-corrected chi connectivity index (χ0v) is 6.40. The average molecular weight is 165 g/mol. The predicted octanol–water partition coefficient (Wildman–Crippen LogP) is -0.541. The average Bonchev–Trinajstić information content (AvgIpc) is 2.49. The van der Waals surface area contributed by atoms with E-state index in [0.29, 0.717) is 5.65 Å². The van der Waals surface area contributed by atoms with Crippen molar-refractivity contribution >= 4 is 11.3 Å². The van der Waals surface area contributed by atoms with Crippen molar-refractivity contribution in [2.45, 2.75) is 0 Å². The van der Waals surface area contributed by atoms with Crippen molar-refractivity contribution < 1.29 is 0 Å². The summed E-state index contributed by atoms with van der Waals surface area (Å²) in [6.07, 6.45) is 2.90. The van der Waals surface area contributed by atoms with Gasteiger partial charge in [0, 0.05) is 7.05 Å². The quantitative estimate of drug-likeness (QED) is 0.595. The van der Waals surface area contributed by atoms with Crippen LogP contribution in [0.25, 0.3) is 5.65 Å². The van der Waals surface area contributed by atoms with E-state index < -0.39 is 0 Å². The van der Waals surface area contributed by atoms with Crippen molar-refractivity contribution in [3.8, 4) is 0 Å². The normalized spacial score (nSPS) is 10.4. The Labute approximate surface area is 67.3 Å². The van der Waals surface area contributed by atoms with Crippen LogP contribution in [0.3, 0.4) is 0 Å². The van der Waals surface area contributed by atoms with Crippen LogP contribution in [0.1, 0.15) is 0 Å². The van der Waals surface area contributed by atoms with Crippen molar-refractivity contribution in [3.63, 3.8) is 0 Å². The van der Waals surface area contributed by atoms with Gasteiger partial charge < -0.3 is 5.32 Å². The molecule has 0 amide bonds. The number of rotatable bonds is 1. The second kappa shape index (κ2) is 2.33. The Balaban J connectivity index is 2.89. The first-order chi connectivity index (χ1) is 5.83. The van der Waals surface area contributed by atoms with Crippen LogP contribution in [0.4, 0.5) is 5.69 Å². The summed E-state index contributed by atoms with van der Waals surface area (Å²) in [6, 6.07) is 0.